The second-order valence-corrected chi connectivity index (χ2v) is 7.19. The molecule has 0 unspecified atom stereocenters. The van der Waals surface area contributed by atoms with Gasteiger partial charge in [0.05, 0.1) is 12.7 Å². The van der Waals surface area contributed by atoms with Crippen molar-refractivity contribution in [2.75, 3.05) is 46.4 Å². The van der Waals surface area contributed by atoms with Crippen LogP contribution in [-0.4, -0.2) is 72.8 Å². The smallest absolute Gasteiger partial charge is 0.219 e. The number of hydrogen-bond acceptors (Lipinski definition) is 5. The molecule has 1 atom stereocenters. The van der Waals surface area contributed by atoms with Gasteiger partial charge in [0.25, 0.3) is 0 Å². The van der Waals surface area contributed by atoms with Crippen LogP contribution in [0.15, 0.2) is 24.3 Å². The van der Waals surface area contributed by atoms with Crippen LogP contribution < -0.4 is 10.1 Å². The molecule has 2 heterocycles. The molecule has 2 aliphatic heterocycles. The fourth-order valence-corrected chi connectivity index (χ4v) is 3.86. The number of hydrogen-bond donors (Lipinski definition) is 2. The number of likely N-dealkylation sites (tertiary alicyclic amines) is 1. The number of methoxy groups -OCH3 is 1. The second kappa shape index (κ2) is 7.72. The van der Waals surface area contributed by atoms with Crippen LogP contribution in [0.4, 0.5) is 0 Å². The molecule has 1 amide bonds. The number of benzene rings is 1. The van der Waals surface area contributed by atoms with Crippen molar-refractivity contribution in [2.24, 2.45) is 0 Å². The van der Waals surface area contributed by atoms with E-state index in [-0.39, 0.29) is 11.9 Å². The Bertz CT molecular complexity index is 582. The highest BCUT2D eigenvalue weighted by molar-refractivity contribution is 5.73. The van der Waals surface area contributed by atoms with Crippen molar-refractivity contribution >= 4 is 5.91 Å². The zero-order valence-electron chi connectivity index (χ0n) is 15.2. The molecule has 1 aromatic carbocycles. The molecule has 25 heavy (non-hydrogen) atoms. The maximum absolute atomic E-state index is 11.5. The van der Waals surface area contributed by atoms with Crippen LogP contribution in [0.5, 0.6) is 5.75 Å². The summed E-state index contributed by atoms with van der Waals surface area (Å²) < 4.78 is 5.25. The molecule has 0 radical (unpaired) electrons. The summed E-state index contributed by atoms with van der Waals surface area (Å²) in [5, 5.41) is 14.5. The molecule has 0 bridgehead atoms. The lowest BCUT2D eigenvalue weighted by Crippen LogP contribution is -2.55. The molecule has 0 aromatic heterocycles. The number of β-amino-alcohol motifs (C(OH)–C–C–N with tert-alkyl or cyclic N) is 1. The van der Waals surface area contributed by atoms with Gasteiger partial charge in [0.15, 0.2) is 0 Å². The number of aliphatic hydroxyl groups is 1. The van der Waals surface area contributed by atoms with Crippen LogP contribution >= 0.6 is 0 Å². The minimum absolute atomic E-state index is 0.0975. The maximum atomic E-state index is 11.5. The van der Waals surface area contributed by atoms with Crippen molar-refractivity contribution in [3.63, 3.8) is 0 Å². The molecule has 2 N–H and O–H groups in total. The molecule has 2 fully saturated rings. The lowest BCUT2D eigenvalue weighted by molar-refractivity contribution is -0.134. The molecule has 1 aromatic rings. The first kappa shape index (κ1) is 18.2. The fraction of sp³-hybridized carbons (Fsp3) is 0.632. The fourth-order valence-electron chi connectivity index (χ4n) is 3.86. The number of piperazine rings is 1. The van der Waals surface area contributed by atoms with Crippen molar-refractivity contribution in [3.05, 3.63) is 29.8 Å². The predicted octanol–water partition coefficient (Wildman–Crippen LogP) is 1.01. The molecular weight excluding hydrogens is 318 g/mol. The minimum atomic E-state index is -0.714. The Labute approximate surface area is 149 Å². The SMILES string of the molecule is COc1ccc([C@@H]2CNCCN2CC2(O)CCN(C(C)=O)CC2)cc1. The van der Waals surface area contributed by atoms with Crippen LogP contribution in [0.1, 0.15) is 31.4 Å². The quantitative estimate of drug-likeness (QED) is 0.851. The van der Waals surface area contributed by atoms with Crippen LogP contribution in [0.2, 0.25) is 0 Å². The normalized spacial score (nSPS) is 24.1. The van der Waals surface area contributed by atoms with E-state index in [9.17, 15) is 9.90 Å². The average molecular weight is 347 g/mol. The van der Waals surface area contributed by atoms with Gasteiger partial charge in [0.2, 0.25) is 5.91 Å². The van der Waals surface area contributed by atoms with Crippen molar-refractivity contribution < 1.29 is 14.6 Å². The van der Waals surface area contributed by atoms with E-state index in [1.165, 1.54) is 5.56 Å². The summed E-state index contributed by atoms with van der Waals surface area (Å²) in [7, 11) is 1.67. The Morgan fingerprint density at radius 1 is 1.28 bits per heavy atom. The molecule has 6 nitrogen and oxygen atoms in total. The van der Waals surface area contributed by atoms with Crippen LogP contribution in [-0.2, 0) is 4.79 Å². The second-order valence-electron chi connectivity index (χ2n) is 7.19. The summed E-state index contributed by atoms with van der Waals surface area (Å²) in [6.45, 7) is 6.26. The van der Waals surface area contributed by atoms with E-state index in [2.05, 4.69) is 22.3 Å². The van der Waals surface area contributed by atoms with Crippen molar-refractivity contribution in [2.45, 2.75) is 31.4 Å². The Hall–Kier alpha value is -1.63. The average Bonchev–Trinajstić information content (AvgIpc) is 2.62. The standard InChI is InChI=1S/C19H29N3O3/c1-15(23)21-10-7-19(24,8-11-21)14-22-12-9-20-13-18(22)16-3-5-17(25-2)6-4-16/h3-6,18,20,24H,7-14H2,1-2H3/t18-/m0/s1. The largest absolute Gasteiger partial charge is 0.497 e. The number of rotatable bonds is 4. The predicted molar refractivity (Wildman–Crippen MR) is 96.6 cm³/mol. The van der Waals surface area contributed by atoms with Crippen LogP contribution in [0, 0.1) is 0 Å². The molecular formula is C19H29N3O3. The third-order valence-electron chi connectivity index (χ3n) is 5.49. The van der Waals surface area contributed by atoms with E-state index in [4.69, 9.17) is 4.74 Å². The monoisotopic (exact) mass is 347 g/mol. The molecule has 6 heteroatoms. The van der Waals surface area contributed by atoms with Gasteiger partial charge < -0.3 is 20.1 Å². The Morgan fingerprint density at radius 3 is 2.56 bits per heavy atom. The van der Waals surface area contributed by atoms with Gasteiger partial charge in [-0.3, -0.25) is 9.69 Å². The van der Waals surface area contributed by atoms with E-state index in [1.807, 2.05) is 17.0 Å². The summed E-state index contributed by atoms with van der Waals surface area (Å²) in [5.41, 5.74) is 0.520. The summed E-state index contributed by atoms with van der Waals surface area (Å²) in [4.78, 5) is 15.7. The van der Waals surface area contributed by atoms with E-state index in [1.54, 1.807) is 14.0 Å². The Kier molecular flexibility index (Phi) is 5.61. The van der Waals surface area contributed by atoms with E-state index in [0.717, 1.165) is 25.4 Å². The number of carbonyl (C=O) groups is 1. The van der Waals surface area contributed by atoms with Gasteiger partial charge in [-0.2, -0.15) is 0 Å². The third-order valence-corrected chi connectivity index (χ3v) is 5.49. The van der Waals surface area contributed by atoms with Crippen molar-refractivity contribution in [3.8, 4) is 5.75 Å². The van der Waals surface area contributed by atoms with Gasteiger partial charge >= 0.3 is 0 Å². The molecule has 3 rings (SSSR count). The van der Waals surface area contributed by atoms with Crippen LogP contribution in [0.3, 0.4) is 0 Å². The van der Waals surface area contributed by atoms with Gasteiger partial charge in [-0.15, -0.1) is 0 Å². The zero-order valence-corrected chi connectivity index (χ0v) is 15.2. The van der Waals surface area contributed by atoms with Gasteiger partial charge in [0, 0.05) is 52.2 Å². The first-order chi connectivity index (χ1) is 12.0. The summed E-state index contributed by atoms with van der Waals surface area (Å²) >= 11 is 0. The molecule has 0 saturated carbocycles. The summed E-state index contributed by atoms with van der Waals surface area (Å²) in [6.07, 6.45) is 1.29. The van der Waals surface area contributed by atoms with Gasteiger partial charge in [0.1, 0.15) is 5.75 Å². The van der Waals surface area contributed by atoms with E-state index in [0.29, 0.717) is 32.5 Å². The maximum Gasteiger partial charge on any atom is 0.219 e. The molecule has 2 aliphatic rings. The Balaban J connectivity index is 1.67. The lowest BCUT2D eigenvalue weighted by Gasteiger charge is -2.44. The number of nitrogens with one attached hydrogen (secondary N) is 1. The molecule has 0 spiro atoms. The first-order valence-corrected chi connectivity index (χ1v) is 9.07. The van der Waals surface area contributed by atoms with Crippen LogP contribution in [0.25, 0.3) is 0 Å². The Morgan fingerprint density at radius 2 is 1.96 bits per heavy atom. The summed E-state index contributed by atoms with van der Waals surface area (Å²) in [6, 6.07) is 8.43. The van der Waals surface area contributed by atoms with Gasteiger partial charge in [-0.25, -0.2) is 0 Å². The highest BCUT2D eigenvalue weighted by atomic mass is 16.5. The summed E-state index contributed by atoms with van der Waals surface area (Å²) in [5.74, 6) is 0.953. The van der Waals surface area contributed by atoms with Gasteiger partial charge in [-0.1, -0.05) is 12.1 Å². The number of piperidine rings is 1. The topological polar surface area (TPSA) is 65.0 Å². The molecule has 0 aliphatic carbocycles. The van der Waals surface area contributed by atoms with Gasteiger partial charge in [-0.05, 0) is 30.5 Å². The van der Waals surface area contributed by atoms with E-state index < -0.39 is 5.60 Å². The van der Waals surface area contributed by atoms with Crippen molar-refractivity contribution in [1.82, 2.24) is 15.1 Å². The lowest BCUT2D eigenvalue weighted by atomic mass is 9.89. The number of ether oxygens (including phenoxy) is 1. The highest BCUT2D eigenvalue weighted by Gasteiger charge is 2.37. The zero-order chi connectivity index (χ0) is 17.9. The van der Waals surface area contributed by atoms with Crippen molar-refractivity contribution in [1.29, 1.82) is 0 Å². The minimum Gasteiger partial charge on any atom is -0.497 e. The number of amides is 1. The van der Waals surface area contributed by atoms with E-state index >= 15 is 0 Å². The third kappa shape index (κ3) is 4.32. The number of carbonyl (C=O) groups excluding carboxylic acids is 1. The highest BCUT2D eigenvalue weighted by Crippen LogP contribution is 2.29. The first-order valence-electron chi connectivity index (χ1n) is 9.07. The molecule has 2 saturated heterocycles. The number of nitrogens with zero attached hydrogens (tertiary/aromatic N) is 2. The molecule has 138 valence electrons.